The van der Waals surface area contributed by atoms with Crippen LogP contribution in [0.5, 0.6) is 0 Å². The molecule has 3 heterocycles. The Kier molecular flexibility index (Phi) is 6.20. The first-order valence-electron chi connectivity index (χ1n) is 9.84. The first kappa shape index (κ1) is 21.2. The van der Waals surface area contributed by atoms with Gasteiger partial charge < -0.3 is 20.7 Å². The summed E-state index contributed by atoms with van der Waals surface area (Å²) in [6, 6.07) is 0. The molecule has 1 aliphatic rings. The Morgan fingerprint density at radius 3 is 2.31 bits per heavy atom. The summed E-state index contributed by atoms with van der Waals surface area (Å²) >= 11 is 0. The van der Waals surface area contributed by atoms with E-state index in [9.17, 15) is 24.6 Å². The van der Waals surface area contributed by atoms with Crippen molar-refractivity contribution in [3.63, 3.8) is 0 Å². The Morgan fingerprint density at radius 2 is 1.76 bits per heavy atom. The highest BCUT2D eigenvalue weighted by Gasteiger charge is 2.47. The Balaban J connectivity index is 2.19. The van der Waals surface area contributed by atoms with Crippen LogP contribution in [0, 0.1) is 0 Å². The van der Waals surface area contributed by atoms with E-state index in [1.807, 2.05) is 13.8 Å². The number of rotatable bonds is 8. The van der Waals surface area contributed by atoms with E-state index in [0.717, 1.165) is 23.8 Å². The van der Waals surface area contributed by atoms with E-state index in [0.29, 0.717) is 13.0 Å². The van der Waals surface area contributed by atoms with E-state index in [-0.39, 0.29) is 17.7 Å². The Labute approximate surface area is 166 Å². The number of carbonyl (C=O) groups excluding carboxylic acids is 1. The molecule has 3 rings (SSSR count). The topological polar surface area (TPSA) is 155 Å². The Bertz CT molecular complexity index is 1010. The zero-order valence-corrected chi connectivity index (χ0v) is 16.5. The molecule has 1 saturated heterocycles. The van der Waals surface area contributed by atoms with E-state index in [4.69, 9.17) is 10.5 Å². The van der Waals surface area contributed by atoms with Crippen LogP contribution in [0.3, 0.4) is 0 Å². The van der Waals surface area contributed by atoms with Crippen molar-refractivity contribution < 1.29 is 19.7 Å². The lowest BCUT2D eigenvalue weighted by molar-refractivity contribution is -0.134. The molecule has 4 N–H and O–H groups in total. The van der Waals surface area contributed by atoms with Crippen LogP contribution in [0.1, 0.15) is 45.8 Å². The molecule has 1 aliphatic heterocycles. The highest BCUT2D eigenvalue weighted by molar-refractivity contribution is 5.80. The lowest BCUT2D eigenvalue weighted by Crippen LogP contribution is -2.41. The third-order valence-corrected chi connectivity index (χ3v) is 5.20. The summed E-state index contributed by atoms with van der Waals surface area (Å²) in [4.78, 5) is 41.7. The lowest BCUT2D eigenvalue weighted by atomic mass is 10.1. The second-order valence-electron chi connectivity index (χ2n) is 7.25. The number of aryl methyl sites for hydroxylation is 1. The number of unbranched alkanes of at least 4 members (excludes halogenated alkanes) is 2. The van der Waals surface area contributed by atoms with E-state index in [1.54, 1.807) is 0 Å². The van der Waals surface area contributed by atoms with E-state index < -0.39 is 41.7 Å². The summed E-state index contributed by atoms with van der Waals surface area (Å²) in [5.41, 5.74) is 4.47. The molecule has 160 valence electrons. The maximum Gasteiger partial charge on any atom is 0.332 e. The van der Waals surface area contributed by atoms with Gasteiger partial charge in [0.05, 0.1) is 6.33 Å². The van der Waals surface area contributed by atoms with Crippen LogP contribution < -0.4 is 17.0 Å². The Morgan fingerprint density at radius 1 is 1.14 bits per heavy atom. The highest BCUT2D eigenvalue weighted by atomic mass is 16.6. The number of ether oxygens (including phenoxy) is 1. The number of fused-ring (bicyclic) bond motifs is 1. The summed E-state index contributed by atoms with van der Waals surface area (Å²) in [5.74, 6) is -0.927. The quantitative estimate of drug-likeness (QED) is 0.508. The molecule has 2 aromatic heterocycles. The molecule has 29 heavy (non-hydrogen) atoms. The molecule has 0 spiro atoms. The van der Waals surface area contributed by atoms with E-state index >= 15 is 0 Å². The third-order valence-electron chi connectivity index (χ3n) is 5.20. The number of aliphatic hydroxyl groups is 2. The van der Waals surface area contributed by atoms with Crippen molar-refractivity contribution >= 4 is 17.1 Å². The average molecular weight is 409 g/mol. The van der Waals surface area contributed by atoms with Crippen LogP contribution in [-0.4, -0.2) is 53.1 Å². The fourth-order valence-corrected chi connectivity index (χ4v) is 3.55. The van der Waals surface area contributed by atoms with Crippen LogP contribution >= 0.6 is 0 Å². The van der Waals surface area contributed by atoms with Crippen molar-refractivity contribution in [1.82, 2.24) is 18.7 Å². The molecular formula is C18H27N5O6. The van der Waals surface area contributed by atoms with Gasteiger partial charge in [0, 0.05) is 13.1 Å². The van der Waals surface area contributed by atoms with Crippen LogP contribution in [0.25, 0.3) is 11.2 Å². The third kappa shape index (κ3) is 3.61. The predicted octanol–water partition coefficient (Wildman–Crippen LogP) is -0.936. The molecule has 4 atom stereocenters. The van der Waals surface area contributed by atoms with Gasteiger partial charge in [-0.1, -0.05) is 26.7 Å². The van der Waals surface area contributed by atoms with E-state index in [2.05, 4.69) is 4.98 Å². The number of amides is 1. The second-order valence-corrected chi connectivity index (χ2v) is 7.25. The van der Waals surface area contributed by atoms with E-state index in [1.165, 1.54) is 15.5 Å². The van der Waals surface area contributed by atoms with Gasteiger partial charge in [-0.2, -0.15) is 0 Å². The lowest BCUT2D eigenvalue weighted by Gasteiger charge is -2.18. The van der Waals surface area contributed by atoms with Crippen LogP contribution in [0.4, 0.5) is 0 Å². The molecule has 1 fully saturated rings. The number of aromatic nitrogens is 4. The fourth-order valence-electron chi connectivity index (χ4n) is 3.55. The first-order valence-corrected chi connectivity index (χ1v) is 9.84. The van der Waals surface area contributed by atoms with Crippen molar-refractivity contribution in [2.75, 3.05) is 0 Å². The average Bonchev–Trinajstić information content (AvgIpc) is 3.24. The zero-order chi connectivity index (χ0) is 21.3. The summed E-state index contributed by atoms with van der Waals surface area (Å²) < 4.78 is 9.30. The van der Waals surface area contributed by atoms with Gasteiger partial charge in [-0.3, -0.25) is 23.3 Å². The molecule has 0 unspecified atom stereocenters. The van der Waals surface area contributed by atoms with Gasteiger partial charge in [-0.05, 0) is 12.8 Å². The van der Waals surface area contributed by atoms with Crippen LogP contribution in [0.2, 0.25) is 0 Å². The summed E-state index contributed by atoms with van der Waals surface area (Å²) in [6.45, 7) is 4.58. The van der Waals surface area contributed by atoms with Crippen molar-refractivity contribution in [1.29, 1.82) is 0 Å². The summed E-state index contributed by atoms with van der Waals surface area (Å²) in [7, 11) is 0. The van der Waals surface area contributed by atoms with Crippen molar-refractivity contribution in [3.05, 3.63) is 27.2 Å². The maximum atomic E-state index is 13.1. The van der Waals surface area contributed by atoms with Gasteiger partial charge >= 0.3 is 5.69 Å². The number of hydrogen-bond acceptors (Lipinski definition) is 7. The van der Waals surface area contributed by atoms with Gasteiger partial charge in [-0.15, -0.1) is 0 Å². The largest absolute Gasteiger partial charge is 0.387 e. The standard InChI is InChI=1S/C18H27N5O6/c1-3-5-7-21-15-10(16(27)22(18(21)28)8-6-4-2)23(9-20-15)17-12(25)11(24)13(29-17)14(19)26/h9,11-13,17,24-25H,3-8H2,1-2H3,(H2,19,26)/t11-,12+,13-,17+/m0/s1. The monoisotopic (exact) mass is 409 g/mol. The number of aliphatic hydroxyl groups excluding tert-OH is 2. The van der Waals surface area contributed by atoms with Gasteiger partial charge in [-0.25, -0.2) is 9.78 Å². The molecule has 11 nitrogen and oxygen atoms in total. The molecule has 0 aliphatic carbocycles. The number of primary amides is 1. The zero-order valence-electron chi connectivity index (χ0n) is 16.5. The molecule has 0 radical (unpaired) electrons. The van der Waals surface area contributed by atoms with Crippen LogP contribution in [-0.2, 0) is 22.6 Å². The first-order chi connectivity index (χ1) is 13.8. The molecule has 1 amide bonds. The molecule has 11 heteroatoms. The molecule has 2 aromatic rings. The molecule has 0 saturated carbocycles. The molecule has 0 aromatic carbocycles. The van der Waals surface area contributed by atoms with Crippen molar-refractivity contribution in [2.45, 2.75) is 77.2 Å². The van der Waals surface area contributed by atoms with Gasteiger partial charge in [0.15, 0.2) is 23.5 Å². The minimum absolute atomic E-state index is 0.0678. The predicted molar refractivity (Wildman–Crippen MR) is 103 cm³/mol. The molecular weight excluding hydrogens is 382 g/mol. The highest BCUT2D eigenvalue weighted by Crippen LogP contribution is 2.30. The number of nitrogens with two attached hydrogens (primary N) is 1. The fraction of sp³-hybridized carbons (Fsp3) is 0.667. The minimum atomic E-state index is -1.54. The van der Waals surface area contributed by atoms with Crippen molar-refractivity contribution in [2.24, 2.45) is 5.73 Å². The minimum Gasteiger partial charge on any atom is -0.387 e. The normalized spacial score (nSPS) is 24.4. The SMILES string of the molecule is CCCCn1c(=O)c2c(ncn2[C@@H]2O[C@H](C(N)=O)[C@@H](O)[C@H]2O)n(CCCC)c1=O. The smallest absolute Gasteiger partial charge is 0.332 e. The maximum absolute atomic E-state index is 13.1. The summed E-state index contributed by atoms with van der Waals surface area (Å²) in [6.07, 6.45) is -1.41. The second kappa shape index (κ2) is 8.47. The Hall–Kier alpha value is -2.50. The van der Waals surface area contributed by atoms with Crippen LogP contribution in [0.15, 0.2) is 15.9 Å². The van der Waals surface area contributed by atoms with Gasteiger partial charge in [0.1, 0.15) is 12.2 Å². The van der Waals surface area contributed by atoms with Gasteiger partial charge in [0.25, 0.3) is 5.56 Å². The van der Waals surface area contributed by atoms with Crippen molar-refractivity contribution in [3.8, 4) is 0 Å². The number of hydrogen-bond donors (Lipinski definition) is 3. The summed E-state index contributed by atoms with van der Waals surface area (Å²) in [5, 5.41) is 20.4. The molecule has 0 bridgehead atoms. The van der Waals surface area contributed by atoms with Gasteiger partial charge in [0.2, 0.25) is 5.91 Å². The number of imidazole rings is 1. The number of carbonyl (C=O) groups is 1. The number of nitrogens with zero attached hydrogens (tertiary/aromatic N) is 4.